The summed E-state index contributed by atoms with van der Waals surface area (Å²) in [5.41, 5.74) is 0.130. The lowest BCUT2D eigenvalue weighted by atomic mass is 10.4. The smallest absolute Gasteiger partial charge is 0.266 e. The fourth-order valence-corrected chi connectivity index (χ4v) is 3.08. The lowest BCUT2D eigenvalue weighted by Gasteiger charge is -1.98. The van der Waals surface area contributed by atoms with E-state index in [1.165, 1.54) is 11.8 Å². The fourth-order valence-electron chi connectivity index (χ4n) is 1.25. The average molecular weight is 298 g/mol. The molecule has 6 nitrogen and oxygen atoms in total. The molecule has 0 aliphatic rings. The number of rotatable bonds is 5. The van der Waals surface area contributed by atoms with E-state index >= 15 is 0 Å². The molecular formula is C8H9Cl2N3O3S. The SMILES string of the molecule is COCc1nn(CCC#N)c(Cl)c1S(=O)(=O)Cl. The van der Waals surface area contributed by atoms with E-state index in [-0.39, 0.29) is 35.3 Å². The summed E-state index contributed by atoms with van der Waals surface area (Å²) in [6.45, 7) is 0.166. The molecule has 0 unspecified atom stereocenters. The van der Waals surface area contributed by atoms with Crippen molar-refractivity contribution in [3.05, 3.63) is 10.8 Å². The molecule has 0 N–H and O–H groups in total. The predicted octanol–water partition coefficient (Wildman–Crippen LogP) is 1.52. The highest BCUT2D eigenvalue weighted by molar-refractivity contribution is 8.13. The van der Waals surface area contributed by atoms with Crippen LogP contribution in [0, 0.1) is 11.3 Å². The monoisotopic (exact) mass is 297 g/mol. The Bertz CT molecular complexity index is 547. The molecule has 0 fully saturated rings. The summed E-state index contributed by atoms with van der Waals surface area (Å²) in [5, 5.41) is 12.3. The van der Waals surface area contributed by atoms with E-state index in [2.05, 4.69) is 5.10 Å². The Morgan fingerprint density at radius 1 is 1.59 bits per heavy atom. The maximum absolute atomic E-state index is 11.3. The van der Waals surface area contributed by atoms with E-state index in [9.17, 15) is 8.42 Å². The second-order valence-corrected chi connectivity index (χ2v) is 5.93. The number of nitriles is 1. The van der Waals surface area contributed by atoms with Crippen molar-refractivity contribution in [2.75, 3.05) is 7.11 Å². The highest BCUT2D eigenvalue weighted by atomic mass is 35.7. The van der Waals surface area contributed by atoms with Crippen molar-refractivity contribution in [2.45, 2.75) is 24.5 Å². The van der Waals surface area contributed by atoms with Gasteiger partial charge in [0, 0.05) is 17.8 Å². The molecule has 0 amide bonds. The molecule has 0 radical (unpaired) electrons. The second-order valence-electron chi connectivity index (χ2n) is 3.07. The normalized spacial score (nSPS) is 11.4. The minimum Gasteiger partial charge on any atom is -0.378 e. The number of aromatic nitrogens is 2. The number of nitrogens with zero attached hydrogens (tertiary/aromatic N) is 3. The van der Waals surface area contributed by atoms with Gasteiger partial charge in [-0.05, 0) is 0 Å². The van der Waals surface area contributed by atoms with Gasteiger partial charge >= 0.3 is 0 Å². The van der Waals surface area contributed by atoms with E-state index in [1.54, 1.807) is 0 Å². The van der Waals surface area contributed by atoms with Crippen LogP contribution in [0.3, 0.4) is 0 Å². The van der Waals surface area contributed by atoms with Gasteiger partial charge in [0.15, 0.2) is 0 Å². The summed E-state index contributed by atoms with van der Waals surface area (Å²) in [6, 6.07) is 1.91. The first-order chi connectivity index (χ1) is 7.91. The molecule has 9 heteroatoms. The number of hydrogen-bond donors (Lipinski definition) is 0. The molecule has 0 saturated heterocycles. The number of methoxy groups -OCH3 is 1. The minimum absolute atomic E-state index is 0.0272. The van der Waals surface area contributed by atoms with Gasteiger partial charge in [0.2, 0.25) is 0 Å². The van der Waals surface area contributed by atoms with Gasteiger partial charge in [-0.2, -0.15) is 10.4 Å². The van der Waals surface area contributed by atoms with Crippen LogP contribution < -0.4 is 0 Å². The van der Waals surface area contributed by atoms with Crippen molar-refractivity contribution in [1.82, 2.24) is 9.78 Å². The van der Waals surface area contributed by atoms with E-state index in [1.807, 2.05) is 6.07 Å². The Kier molecular flexibility index (Phi) is 4.77. The quantitative estimate of drug-likeness (QED) is 0.769. The molecule has 17 heavy (non-hydrogen) atoms. The summed E-state index contributed by atoms with van der Waals surface area (Å²) in [5.74, 6) is 0. The summed E-state index contributed by atoms with van der Waals surface area (Å²) < 4.78 is 28.7. The van der Waals surface area contributed by atoms with Gasteiger partial charge in [-0.3, -0.25) is 4.68 Å². The molecule has 0 spiro atoms. The number of halogens is 2. The maximum atomic E-state index is 11.3. The van der Waals surface area contributed by atoms with Crippen LogP contribution in [-0.2, 0) is 26.9 Å². The van der Waals surface area contributed by atoms with Crippen LogP contribution in [0.4, 0.5) is 0 Å². The van der Waals surface area contributed by atoms with Gasteiger partial charge in [0.05, 0.1) is 25.6 Å². The second kappa shape index (κ2) is 5.69. The van der Waals surface area contributed by atoms with Crippen molar-refractivity contribution >= 4 is 31.3 Å². The maximum Gasteiger partial charge on any atom is 0.266 e. The third kappa shape index (κ3) is 3.33. The molecule has 1 rings (SSSR count). The van der Waals surface area contributed by atoms with Gasteiger partial charge < -0.3 is 4.74 Å². The molecule has 0 aromatic carbocycles. The van der Waals surface area contributed by atoms with Crippen molar-refractivity contribution in [3.63, 3.8) is 0 Å². The zero-order chi connectivity index (χ0) is 13.1. The van der Waals surface area contributed by atoms with Gasteiger partial charge in [0.1, 0.15) is 15.7 Å². The Morgan fingerprint density at radius 2 is 2.24 bits per heavy atom. The predicted molar refractivity (Wildman–Crippen MR) is 61.2 cm³/mol. The van der Waals surface area contributed by atoms with E-state index in [4.69, 9.17) is 32.3 Å². The number of aryl methyl sites for hydroxylation is 1. The van der Waals surface area contributed by atoms with Crippen LogP contribution in [0.5, 0.6) is 0 Å². The van der Waals surface area contributed by atoms with Gasteiger partial charge in [0.25, 0.3) is 9.05 Å². The lowest BCUT2D eigenvalue weighted by Crippen LogP contribution is -2.00. The summed E-state index contributed by atoms with van der Waals surface area (Å²) >= 11 is 5.86. The molecule has 0 saturated carbocycles. The largest absolute Gasteiger partial charge is 0.378 e. The molecule has 0 aliphatic heterocycles. The van der Waals surface area contributed by atoms with Crippen molar-refractivity contribution < 1.29 is 13.2 Å². The molecule has 1 aromatic rings. The first-order valence-corrected chi connectivity index (χ1v) is 7.16. The first kappa shape index (κ1) is 14.3. The number of ether oxygens (including phenoxy) is 1. The lowest BCUT2D eigenvalue weighted by molar-refractivity contribution is 0.178. The third-order valence-electron chi connectivity index (χ3n) is 1.88. The molecular weight excluding hydrogens is 289 g/mol. The van der Waals surface area contributed by atoms with Crippen molar-refractivity contribution in [1.29, 1.82) is 5.26 Å². The molecule has 0 bridgehead atoms. The Hall–Kier alpha value is -0.810. The Labute approximate surface area is 108 Å². The van der Waals surface area contributed by atoms with Gasteiger partial charge in [-0.1, -0.05) is 11.6 Å². The summed E-state index contributed by atoms with van der Waals surface area (Å²) in [7, 11) is 2.67. The Balaban J connectivity index is 3.26. The topological polar surface area (TPSA) is 85.0 Å². The van der Waals surface area contributed by atoms with Crippen molar-refractivity contribution in [3.8, 4) is 6.07 Å². The molecule has 1 aromatic heterocycles. The zero-order valence-corrected chi connectivity index (χ0v) is 11.2. The van der Waals surface area contributed by atoms with Crippen LogP contribution in [0.1, 0.15) is 12.1 Å². The van der Waals surface area contributed by atoms with Crippen LogP contribution in [0.15, 0.2) is 4.90 Å². The highest BCUT2D eigenvalue weighted by Crippen LogP contribution is 2.29. The van der Waals surface area contributed by atoms with Gasteiger partial charge in [-0.25, -0.2) is 8.42 Å². The molecule has 0 atom stereocenters. The summed E-state index contributed by atoms with van der Waals surface area (Å²) in [6.07, 6.45) is 0.162. The Morgan fingerprint density at radius 3 is 2.71 bits per heavy atom. The average Bonchev–Trinajstić information content (AvgIpc) is 2.52. The fraction of sp³-hybridized carbons (Fsp3) is 0.500. The van der Waals surface area contributed by atoms with E-state index in [0.29, 0.717) is 0 Å². The molecule has 0 aliphatic carbocycles. The minimum atomic E-state index is -4.00. The van der Waals surface area contributed by atoms with E-state index < -0.39 is 9.05 Å². The van der Waals surface area contributed by atoms with Crippen LogP contribution in [0.2, 0.25) is 5.15 Å². The molecule has 1 heterocycles. The van der Waals surface area contributed by atoms with Crippen LogP contribution in [-0.4, -0.2) is 25.3 Å². The highest BCUT2D eigenvalue weighted by Gasteiger charge is 2.26. The third-order valence-corrected chi connectivity index (χ3v) is 3.75. The van der Waals surface area contributed by atoms with Crippen molar-refractivity contribution in [2.24, 2.45) is 0 Å². The van der Waals surface area contributed by atoms with E-state index in [0.717, 1.165) is 0 Å². The van der Waals surface area contributed by atoms with Gasteiger partial charge in [-0.15, -0.1) is 0 Å². The molecule has 94 valence electrons. The standard InChI is InChI=1S/C8H9Cl2N3O3S/c1-16-5-6-7(17(10,14)15)8(9)13(12-6)4-2-3-11/h2,4-5H2,1H3. The number of hydrogen-bond acceptors (Lipinski definition) is 5. The summed E-state index contributed by atoms with van der Waals surface area (Å²) in [4.78, 5) is -0.263. The van der Waals surface area contributed by atoms with Crippen LogP contribution in [0.25, 0.3) is 0 Å². The zero-order valence-electron chi connectivity index (χ0n) is 8.85. The van der Waals surface area contributed by atoms with Crippen LogP contribution >= 0.6 is 22.3 Å². The first-order valence-electron chi connectivity index (χ1n) is 4.47.